The molecular weight excluding hydrogens is 388 g/mol. The number of para-hydroxylation sites is 1. The first kappa shape index (κ1) is 20.8. The van der Waals surface area contributed by atoms with Gasteiger partial charge in [-0.2, -0.15) is 0 Å². The Morgan fingerprint density at radius 3 is 2.57 bits per heavy atom. The van der Waals surface area contributed by atoms with E-state index in [1.807, 2.05) is 0 Å². The van der Waals surface area contributed by atoms with Crippen LogP contribution in [0.25, 0.3) is 10.9 Å². The lowest BCUT2D eigenvalue weighted by Gasteiger charge is -2.06. The van der Waals surface area contributed by atoms with Crippen LogP contribution in [-0.2, 0) is 20.9 Å². The second-order valence-corrected chi connectivity index (χ2v) is 6.26. The molecule has 1 amide bonds. The number of carbonyl (C=O) groups excluding carboxylic acids is 2. The molecule has 0 aliphatic heterocycles. The first-order valence-corrected chi connectivity index (χ1v) is 9.31. The molecule has 0 aliphatic carbocycles. The molecule has 9 heteroatoms. The number of hydrogen-bond donors (Lipinski definition) is 2. The molecule has 0 atom stereocenters. The molecule has 1 heterocycles. The molecule has 3 rings (SSSR count). The van der Waals surface area contributed by atoms with E-state index in [1.54, 1.807) is 62.6 Å². The number of amides is 1. The van der Waals surface area contributed by atoms with Crippen molar-refractivity contribution in [3.05, 3.63) is 48.5 Å². The number of esters is 1. The van der Waals surface area contributed by atoms with Crippen molar-refractivity contribution in [1.29, 1.82) is 0 Å². The van der Waals surface area contributed by atoms with E-state index in [2.05, 4.69) is 15.5 Å². The van der Waals surface area contributed by atoms with Gasteiger partial charge in [0.2, 0.25) is 5.88 Å². The van der Waals surface area contributed by atoms with Crippen LogP contribution in [0, 0.1) is 0 Å². The summed E-state index contributed by atoms with van der Waals surface area (Å²) in [5.41, 5.74) is 1.43. The third-order valence-corrected chi connectivity index (χ3v) is 4.31. The minimum Gasteiger partial charge on any atom is -0.497 e. The number of aromatic nitrogens is 1. The van der Waals surface area contributed by atoms with Crippen molar-refractivity contribution in [1.82, 2.24) is 4.57 Å². The van der Waals surface area contributed by atoms with Gasteiger partial charge in [0.25, 0.3) is 5.91 Å². The molecule has 2 aromatic carbocycles. The first-order valence-electron chi connectivity index (χ1n) is 9.31. The van der Waals surface area contributed by atoms with Crippen molar-refractivity contribution >= 4 is 34.2 Å². The van der Waals surface area contributed by atoms with Crippen LogP contribution in [0.5, 0.6) is 11.6 Å². The third kappa shape index (κ3) is 4.75. The van der Waals surface area contributed by atoms with E-state index in [4.69, 9.17) is 9.47 Å². The van der Waals surface area contributed by atoms with E-state index in [9.17, 15) is 14.7 Å². The Hall–Kier alpha value is -3.88. The predicted octanol–water partition coefficient (Wildman–Crippen LogP) is 3.64. The van der Waals surface area contributed by atoms with Gasteiger partial charge in [0, 0.05) is 11.1 Å². The van der Waals surface area contributed by atoms with Crippen molar-refractivity contribution in [3.8, 4) is 11.6 Å². The highest BCUT2D eigenvalue weighted by Crippen LogP contribution is 2.38. The van der Waals surface area contributed by atoms with Crippen molar-refractivity contribution in [2.45, 2.75) is 13.5 Å². The largest absolute Gasteiger partial charge is 0.497 e. The van der Waals surface area contributed by atoms with Gasteiger partial charge in [-0.1, -0.05) is 18.2 Å². The highest BCUT2D eigenvalue weighted by Gasteiger charge is 2.19. The van der Waals surface area contributed by atoms with Gasteiger partial charge in [-0.05, 0) is 37.3 Å². The van der Waals surface area contributed by atoms with E-state index in [-0.39, 0.29) is 31.3 Å². The average molecular weight is 410 g/mol. The smallest absolute Gasteiger partial charge is 0.326 e. The fraction of sp³-hybridized carbons (Fsp3) is 0.238. The SMILES string of the molecule is CCOC(=O)Cn1c(O)c(N=NC(=O)CNc2ccc(OC)cc2)c2ccccc21. The topological polar surface area (TPSA) is 115 Å². The summed E-state index contributed by atoms with van der Waals surface area (Å²) in [5.74, 6) is -0.561. The molecule has 9 nitrogen and oxygen atoms in total. The lowest BCUT2D eigenvalue weighted by atomic mass is 10.2. The molecule has 30 heavy (non-hydrogen) atoms. The number of hydrogen-bond acceptors (Lipinski definition) is 7. The Morgan fingerprint density at radius 2 is 1.87 bits per heavy atom. The zero-order valence-corrected chi connectivity index (χ0v) is 16.7. The zero-order valence-electron chi connectivity index (χ0n) is 16.7. The summed E-state index contributed by atoms with van der Waals surface area (Å²) < 4.78 is 11.4. The van der Waals surface area contributed by atoms with Crippen LogP contribution >= 0.6 is 0 Å². The Morgan fingerprint density at radius 1 is 1.13 bits per heavy atom. The fourth-order valence-electron chi connectivity index (χ4n) is 2.89. The Kier molecular flexibility index (Phi) is 6.63. The summed E-state index contributed by atoms with van der Waals surface area (Å²) in [7, 11) is 1.57. The van der Waals surface area contributed by atoms with E-state index >= 15 is 0 Å². The number of ether oxygens (including phenoxy) is 2. The molecule has 0 saturated carbocycles. The molecule has 0 radical (unpaired) electrons. The van der Waals surface area contributed by atoms with Crippen LogP contribution < -0.4 is 10.1 Å². The van der Waals surface area contributed by atoms with Crippen LogP contribution in [0.2, 0.25) is 0 Å². The zero-order chi connectivity index (χ0) is 21.5. The Balaban J connectivity index is 1.75. The van der Waals surface area contributed by atoms with Crippen LogP contribution in [0.4, 0.5) is 11.4 Å². The molecule has 0 unspecified atom stereocenters. The van der Waals surface area contributed by atoms with Crippen molar-refractivity contribution in [2.75, 3.05) is 25.6 Å². The monoisotopic (exact) mass is 410 g/mol. The number of methoxy groups -OCH3 is 1. The number of nitrogens with zero attached hydrogens (tertiary/aromatic N) is 3. The molecular formula is C21H22N4O5. The number of anilines is 1. The van der Waals surface area contributed by atoms with Gasteiger partial charge in [0.05, 0.1) is 25.8 Å². The average Bonchev–Trinajstić information content (AvgIpc) is 3.02. The molecule has 0 spiro atoms. The summed E-state index contributed by atoms with van der Waals surface area (Å²) >= 11 is 0. The maximum absolute atomic E-state index is 12.1. The van der Waals surface area contributed by atoms with E-state index in [1.165, 1.54) is 4.57 Å². The summed E-state index contributed by atoms with van der Waals surface area (Å²) in [6.07, 6.45) is 0. The molecule has 156 valence electrons. The summed E-state index contributed by atoms with van der Waals surface area (Å²) in [6, 6.07) is 14.1. The quantitative estimate of drug-likeness (QED) is 0.433. The third-order valence-electron chi connectivity index (χ3n) is 4.31. The number of aromatic hydroxyl groups is 1. The Labute approximate surface area is 172 Å². The van der Waals surface area contributed by atoms with Crippen LogP contribution in [0.3, 0.4) is 0 Å². The number of rotatable bonds is 8. The molecule has 2 N–H and O–H groups in total. The van der Waals surface area contributed by atoms with Gasteiger partial charge in [-0.15, -0.1) is 10.2 Å². The van der Waals surface area contributed by atoms with Gasteiger partial charge in [-0.3, -0.25) is 14.2 Å². The van der Waals surface area contributed by atoms with Gasteiger partial charge < -0.3 is 19.9 Å². The minimum atomic E-state index is -0.521. The highest BCUT2D eigenvalue weighted by molar-refractivity contribution is 5.96. The maximum Gasteiger partial charge on any atom is 0.326 e. The van der Waals surface area contributed by atoms with Crippen LogP contribution in [0.15, 0.2) is 58.8 Å². The van der Waals surface area contributed by atoms with E-state index in [0.717, 1.165) is 5.69 Å². The first-order chi connectivity index (χ1) is 14.5. The maximum atomic E-state index is 12.1. The second-order valence-electron chi connectivity index (χ2n) is 6.26. The van der Waals surface area contributed by atoms with Crippen molar-refractivity contribution in [3.63, 3.8) is 0 Å². The fourth-order valence-corrected chi connectivity index (χ4v) is 2.89. The number of fused-ring (bicyclic) bond motifs is 1. The van der Waals surface area contributed by atoms with Gasteiger partial charge >= 0.3 is 5.97 Å². The van der Waals surface area contributed by atoms with Gasteiger partial charge in [0.1, 0.15) is 12.3 Å². The number of carbonyl (C=O) groups is 2. The lowest BCUT2D eigenvalue weighted by Crippen LogP contribution is -2.12. The van der Waals surface area contributed by atoms with Gasteiger partial charge in [-0.25, -0.2) is 0 Å². The molecule has 1 aromatic heterocycles. The number of nitrogens with one attached hydrogen (secondary N) is 1. The van der Waals surface area contributed by atoms with E-state index < -0.39 is 11.9 Å². The van der Waals surface area contributed by atoms with Crippen LogP contribution in [-0.4, -0.2) is 41.8 Å². The molecule has 0 aliphatic rings. The lowest BCUT2D eigenvalue weighted by molar-refractivity contribution is -0.143. The molecule has 3 aromatic rings. The van der Waals surface area contributed by atoms with Gasteiger partial charge in [0.15, 0.2) is 5.69 Å². The van der Waals surface area contributed by atoms with Crippen molar-refractivity contribution < 1.29 is 24.2 Å². The predicted molar refractivity (Wildman–Crippen MR) is 111 cm³/mol. The number of azo groups is 1. The van der Waals surface area contributed by atoms with Crippen molar-refractivity contribution in [2.24, 2.45) is 10.2 Å². The molecule has 0 fully saturated rings. The summed E-state index contributed by atoms with van der Waals surface area (Å²) in [4.78, 5) is 24.0. The normalized spacial score (nSPS) is 11.0. The Bertz CT molecular complexity index is 1070. The minimum absolute atomic E-state index is 0.0714. The summed E-state index contributed by atoms with van der Waals surface area (Å²) in [6.45, 7) is 1.69. The number of benzene rings is 2. The molecule has 0 bridgehead atoms. The second kappa shape index (κ2) is 9.55. The standard InChI is InChI=1S/C21H22N4O5/c1-3-30-19(27)13-25-17-7-5-4-6-16(17)20(21(25)28)24-23-18(26)12-22-14-8-10-15(29-2)11-9-14/h4-11,22,28H,3,12-13H2,1-2H3. The van der Waals surface area contributed by atoms with Crippen LogP contribution in [0.1, 0.15) is 6.92 Å². The summed E-state index contributed by atoms with van der Waals surface area (Å²) in [5, 5.41) is 21.7. The van der Waals surface area contributed by atoms with E-state index in [0.29, 0.717) is 16.7 Å². The molecule has 0 saturated heterocycles. The highest BCUT2D eigenvalue weighted by atomic mass is 16.5.